The first-order valence-electron chi connectivity index (χ1n) is 5.80. The third-order valence-electron chi connectivity index (χ3n) is 2.71. The van der Waals surface area contributed by atoms with Gasteiger partial charge in [-0.25, -0.2) is 0 Å². The molecule has 0 aliphatic heterocycles. The van der Waals surface area contributed by atoms with Gasteiger partial charge in [0.05, 0.1) is 21.2 Å². The van der Waals surface area contributed by atoms with Gasteiger partial charge in [0.25, 0.3) is 11.6 Å². The molecule has 0 aliphatic carbocycles. The van der Waals surface area contributed by atoms with E-state index in [4.69, 9.17) is 11.6 Å². The zero-order valence-electron chi connectivity index (χ0n) is 10.7. The molecule has 0 radical (unpaired) electrons. The lowest BCUT2D eigenvalue weighted by atomic mass is 10.1. The van der Waals surface area contributed by atoms with Crippen LogP contribution in [0.5, 0.6) is 0 Å². The summed E-state index contributed by atoms with van der Waals surface area (Å²) in [6.07, 6.45) is 0. The fraction of sp³-hybridized carbons (Fsp3) is 0. The summed E-state index contributed by atoms with van der Waals surface area (Å²) in [5, 5.41) is 16.1. The van der Waals surface area contributed by atoms with Crippen LogP contribution in [0.25, 0.3) is 0 Å². The highest BCUT2D eigenvalue weighted by Crippen LogP contribution is 2.29. The van der Waals surface area contributed by atoms with Crippen molar-refractivity contribution in [3.05, 3.63) is 66.5 Å². The van der Waals surface area contributed by atoms with Gasteiger partial charge in [-0.3, -0.25) is 14.9 Å². The van der Waals surface area contributed by atoms with Gasteiger partial charge in [0.15, 0.2) is 0 Å². The number of non-ortho nitro benzene ring substituents is 1. The number of amides is 1. The predicted octanol–water partition coefficient (Wildman–Crippen LogP) is 4.66. The summed E-state index contributed by atoms with van der Waals surface area (Å²) < 4.78 is 0.579. The van der Waals surface area contributed by atoms with Gasteiger partial charge in [-0.2, -0.15) is 0 Å². The lowest BCUT2D eigenvalue weighted by molar-refractivity contribution is -0.384. The van der Waals surface area contributed by atoms with Crippen LogP contribution in [0.4, 0.5) is 17.1 Å². The normalized spacial score (nSPS) is 10.1. The Morgan fingerprint density at radius 3 is 2.64 bits per heavy atom. The minimum absolute atomic E-state index is 0.0203. The van der Waals surface area contributed by atoms with E-state index in [1.165, 1.54) is 24.3 Å². The number of rotatable bonds is 4. The number of nitro groups is 1. The Bertz CT molecular complexity index is 782. The molecule has 0 spiro atoms. The van der Waals surface area contributed by atoms with Crippen LogP contribution >= 0.6 is 27.5 Å². The molecule has 0 saturated carbocycles. The van der Waals surface area contributed by atoms with Crippen LogP contribution < -0.4 is 5.32 Å². The van der Waals surface area contributed by atoms with E-state index in [-0.39, 0.29) is 27.6 Å². The number of carbonyl (C=O) groups is 1. The van der Waals surface area contributed by atoms with Gasteiger partial charge in [0, 0.05) is 16.6 Å². The number of nitrogens with zero attached hydrogens (tertiary/aromatic N) is 2. The average molecular weight is 385 g/mol. The molecule has 1 amide bonds. The second kappa shape index (κ2) is 6.63. The van der Waals surface area contributed by atoms with Crippen molar-refractivity contribution in [2.45, 2.75) is 0 Å². The number of benzene rings is 2. The Morgan fingerprint density at radius 2 is 2.00 bits per heavy atom. The quantitative estimate of drug-likeness (QED) is 0.470. The molecule has 0 fully saturated rings. The van der Waals surface area contributed by atoms with Crippen LogP contribution in [0, 0.1) is 15.0 Å². The maximum Gasteiger partial charge on any atom is 0.271 e. The van der Waals surface area contributed by atoms with E-state index >= 15 is 0 Å². The van der Waals surface area contributed by atoms with Gasteiger partial charge in [0.2, 0.25) is 0 Å². The number of anilines is 1. The molecule has 0 aliphatic rings. The molecule has 22 heavy (non-hydrogen) atoms. The topological polar surface area (TPSA) is 102 Å². The Morgan fingerprint density at radius 1 is 1.27 bits per heavy atom. The zero-order valence-corrected chi connectivity index (χ0v) is 13.1. The molecule has 0 saturated heterocycles. The molecule has 112 valence electrons. The maximum atomic E-state index is 12.2. The number of carbonyl (C=O) groups excluding carboxylic acids is 1. The van der Waals surface area contributed by atoms with Crippen molar-refractivity contribution in [1.29, 1.82) is 0 Å². The second-order valence-electron chi connectivity index (χ2n) is 4.13. The fourth-order valence-electron chi connectivity index (χ4n) is 1.68. The third-order valence-corrected chi connectivity index (χ3v) is 3.53. The van der Waals surface area contributed by atoms with E-state index in [2.05, 4.69) is 26.4 Å². The highest BCUT2D eigenvalue weighted by atomic mass is 79.9. The Hall–Kier alpha value is -2.32. The second-order valence-corrected chi connectivity index (χ2v) is 5.45. The highest BCUT2D eigenvalue weighted by Gasteiger charge is 2.16. The number of nitrogens with one attached hydrogen (secondary N) is 1. The first-order chi connectivity index (χ1) is 10.4. The first-order valence-corrected chi connectivity index (χ1v) is 6.97. The van der Waals surface area contributed by atoms with Gasteiger partial charge in [0.1, 0.15) is 5.69 Å². The summed E-state index contributed by atoms with van der Waals surface area (Å²) >= 11 is 9.09. The van der Waals surface area contributed by atoms with E-state index in [0.29, 0.717) is 4.47 Å². The lowest BCUT2D eigenvalue weighted by Crippen LogP contribution is -2.12. The van der Waals surface area contributed by atoms with Gasteiger partial charge >= 0.3 is 0 Å². The first kappa shape index (κ1) is 16.1. The van der Waals surface area contributed by atoms with Crippen LogP contribution in [-0.2, 0) is 0 Å². The number of hydrogen-bond donors (Lipinski definition) is 1. The molecular weight excluding hydrogens is 378 g/mol. The molecule has 0 heterocycles. The summed E-state index contributed by atoms with van der Waals surface area (Å²) in [6, 6.07) is 8.00. The SMILES string of the molecule is O=Nc1ccc(Br)cc1C(=O)Nc1cc([N+](=O)[O-])ccc1Cl. The van der Waals surface area contributed by atoms with E-state index < -0.39 is 10.8 Å². The van der Waals surface area contributed by atoms with Crippen molar-refractivity contribution in [1.82, 2.24) is 0 Å². The van der Waals surface area contributed by atoms with E-state index in [1.54, 1.807) is 6.07 Å². The van der Waals surface area contributed by atoms with E-state index in [1.807, 2.05) is 0 Å². The fourth-order valence-corrected chi connectivity index (χ4v) is 2.21. The molecule has 0 unspecified atom stereocenters. The van der Waals surface area contributed by atoms with Crippen molar-refractivity contribution in [2.24, 2.45) is 5.18 Å². The number of halogens is 2. The highest BCUT2D eigenvalue weighted by molar-refractivity contribution is 9.10. The van der Waals surface area contributed by atoms with Crippen LogP contribution in [0.1, 0.15) is 10.4 Å². The van der Waals surface area contributed by atoms with Gasteiger partial charge in [-0.1, -0.05) is 27.5 Å². The number of hydrogen-bond acceptors (Lipinski definition) is 5. The Kier molecular flexibility index (Phi) is 4.84. The van der Waals surface area contributed by atoms with Crippen LogP contribution in [-0.4, -0.2) is 10.8 Å². The molecule has 9 heteroatoms. The molecule has 0 aromatic heterocycles. The van der Waals surface area contributed by atoms with Crippen LogP contribution in [0.2, 0.25) is 5.02 Å². The molecule has 2 aromatic rings. The van der Waals surface area contributed by atoms with Gasteiger partial charge < -0.3 is 5.32 Å². The van der Waals surface area contributed by atoms with Crippen molar-refractivity contribution in [3.8, 4) is 0 Å². The lowest BCUT2D eigenvalue weighted by Gasteiger charge is -2.08. The van der Waals surface area contributed by atoms with Crippen molar-refractivity contribution < 1.29 is 9.72 Å². The summed E-state index contributed by atoms with van der Waals surface area (Å²) in [6.45, 7) is 0. The van der Waals surface area contributed by atoms with Gasteiger partial charge in [-0.15, -0.1) is 4.91 Å². The zero-order chi connectivity index (χ0) is 16.3. The Balaban J connectivity index is 2.37. The van der Waals surface area contributed by atoms with Crippen molar-refractivity contribution in [2.75, 3.05) is 5.32 Å². The molecule has 7 nitrogen and oxygen atoms in total. The van der Waals surface area contributed by atoms with Gasteiger partial charge in [-0.05, 0) is 29.4 Å². The average Bonchev–Trinajstić information content (AvgIpc) is 2.49. The third kappa shape index (κ3) is 3.46. The summed E-state index contributed by atoms with van der Waals surface area (Å²) in [5.74, 6) is -0.654. The molecule has 2 aromatic carbocycles. The largest absolute Gasteiger partial charge is 0.320 e. The molecule has 0 atom stereocenters. The van der Waals surface area contributed by atoms with E-state index in [9.17, 15) is 19.8 Å². The monoisotopic (exact) mass is 383 g/mol. The van der Waals surface area contributed by atoms with E-state index in [0.717, 1.165) is 6.07 Å². The van der Waals surface area contributed by atoms with Crippen molar-refractivity contribution in [3.63, 3.8) is 0 Å². The molecular formula is C13H7BrClN3O4. The van der Waals surface area contributed by atoms with Crippen LogP contribution in [0.3, 0.4) is 0 Å². The molecule has 1 N–H and O–H groups in total. The number of nitroso groups, excluding NO2 is 1. The maximum absolute atomic E-state index is 12.2. The summed E-state index contributed by atoms with van der Waals surface area (Å²) in [7, 11) is 0. The minimum Gasteiger partial charge on any atom is -0.320 e. The Labute approximate surface area is 137 Å². The minimum atomic E-state index is -0.654. The molecule has 2 rings (SSSR count). The van der Waals surface area contributed by atoms with Crippen molar-refractivity contribution >= 4 is 50.5 Å². The predicted molar refractivity (Wildman–Crippen MR) is 85.7 cm³/mol. The molecule has 0 bridgehead atoms. The van der Waals surface area contributed by atoms with Crippen LogP contribution in [0.15, 0.2) is 46.0 Å². The smallest absolute Gasteiger partial charge is 0.271 e. The standard InChI is InChI=1S/C13H7BrClN3O4/c14-7-1-4-11(17-20)9(5-7)13(19)16-12-6-8(18(21)22)2-3-10(12)15/h1-6H,(H,16,19). The number of nitro benzene ring substituents is 1. The summed E-state index contributed by atoms with van der Waals surface area (Å²) in [4.78, 5) is 33.1. The summed E-state index contributed by atoms with van der Waals surface area (Å²) in [5.41, 5.74) is -0.186.